The van der Waals surface area contributed by atoms with Crippen molar-refractivity contribution in [3.8, 4) is 22.8 Å². The van der Waals surface area contributed by atoms with Crippen molar-refractivity contribution in [3.05, 3.63) is 82.8 Å². The molecule has 0 spiro atoms. The molecule has 33 heavy (non-hydrogen) atoms. The van der Waals surface area contributed by atoms with Crippen LogP contribution in [0.3, 0.4) is 0 Å². The number of hydrogen-bond acceptors (Lipinski definition) is 5. The molecule has 1 amide bonds. The van der Waals surface area contributed by atoms with Crippen molar-refractivity contribution in [3.63, 3.8) is 0 Å². The summed E-state index contributed by atoms with van der Waals surface area (Å²) in [5.74, 6) is 1.37. The SMILES string of the molecule is CCOc1ccc(-n2c(SCC(=O)Nc3cccc(Cl)c3)nnc2-c2cccc(Cl)c2)cc1. The van der Waals surface area contributed by atoms with E-state index in [1.54, 1.807) is 30.3 Å². The van der Waals surface area contributed by atoms with Gasteiger partial charge in [-0.05, 0) is 61.5 Å². The summed E-state index contributed by atoms with van der Waals surface area (Å²) in [4.78, 5) is 12.5. The van der Waals surface area contributed by atoms with Crippen LogP contribution in [0.4, 0.5) is 5.69 Å². The van der Waals surface area contributed by atoms with Gasteiger partial charge in [-0.1, -0.05) is 53.2 Å². The summed E-state index contributed by atoms with van der Waals surface area (Å²) in [5, 5.41) is 13.3. The molecule has 4 rings (SSSR count). The van der Waals surface area contributed by atoms with Crippen LogP contribution in [0.25, 0.3) is 17.1 Å². The Bertz CT molecular complexity index is 1260. The van der Waals surface area contributed by atoms with E-state index in [4.69, 9.17) is 27.9 Å². The molecule has 1 N–H and O–H groups in total. The van der Waals surface area contributed by atoms with Crippen LogP contribution in [0.5, 0.6) is 5.75 Å². The predicted molar refractivity (Wildman–Crippen MR) is 134 cm³/mol. The Labute approximate surface area is 205 Å². The molecule has 6 nitrogen and oxygen atoms in total. The Balaban J connectivity index is 1.61. The highest BCUT2D eigenvalue weighted by Gasteiger charge is 2.18. The number of ether oxygens (including phenoxy) is 1. The fraction of sp³-hybridized carbons (Fsp3) is 0.125. The minimum Gasteiger partial charge on any atom is -0.494 e. The number of aromatic nitrogens is 3. The highest BCUT2D eigenvalue weighted by atomic mass is 35.5. The number of benzene rings is 3. The molecule has 0 aliphatic heterocycles. The average Bonchev–Trinajstić information content (AvgIpc) is 3.22. The van der Waals surface area contributed by atoms with E-state index >= 15 is 0 Å². The van der Waals surface area contributed by atoms with Gasteiger partial charge in [-0.3, -0.25) is 9.36 Å². The summed E-state index contributed by atoms with van der Waals surface area (Å²) in [6.07, 6.45) is 0. The normalized spacial score (nSPS) is 10.8. The standard InChI is InChI=1S/C24H20Cl2N4O2S/c1-2-32-21-11-9-20(10-12-21)30-23(16-5-3-6-17(25)13-16)28-29-24(30)33-15-22(31)27-19-8-4-7-18(26)14-19/h3-14H,2,15H2,1H3,(H,27,31). The minimum atomic E-state index is -0.173. The lowest BCUT2D eigenvalue weighted by molar-refractivity contribution is -0.113. The molecule has 0 fully saturated rings. The Hall–Kier alpha value is -3.00. The molecule has 0 aliphatic rings. The molecule has 0 saturated heterocycles. The topological polar surface area (TPSA) is 69.0 Å². The highest BCUT2D eigenvalue weighted by Crippen LogP contribution is 2.30. The van der Waals surface area contributed by atoms with Gasteiger partial charge in [0.25, 0.3) is 0 Å². The summed E-state index contributed by atoms with van der Waals surface area (Å²) in [6.45, 7) is 2.52. The van der Waals surface area contributed by atoms with Gasteiger partial charge in [0.15, 0.2) is 11.0 Å². The summed E-state index contributed by atoms with van der Waals surface area (Å²) in [7, 11) is 0. The number of hydrogen-bond donors (Lipinski definition) is 1. The van der Waals surface area contributed by atoms with E-state index in [0.717, 1.165) is 17.0 Å². The number of rotatable bonds is 8. The maximum absolute atomic E-state index is 12.5. The summed E-state index contributed by atoms with van der Waals surface area (Å²) < 4.78 is 7.46. The first-order valence-electron chi connectivity index (χ1n) is 10.2. The van der Waals surface area contributed by atoms with Gasteiger partial charge in [-0.15, -0.1) is 10.2 Å². The lowest BCUT2D eigenvalue weighted by Crippen LogP contribution is -2.14. The van der Waals surface area contributed by atoms with Gasteiger partial charge in [0.1, 0.15) is 5.75 Å². The molecule has 0 radical (unpaired) electrons. The molecule has 168 valence electrons. The van der Waals surface area contributed by atoms with E-state index in [1.807, 2.05) is 54.0 Å². The van der Waals surface area contributed by atoms with E-state index in [2.05, 4.69) is 15.5 Å². The molecule has 0 aliphatic carbocycles. The van der Waals surface area contributed by atoms with Gasteiger partial charge in [0.2, 0.25) is 5.91 Å². The summed E-state index contributed by atoms with van der Waals surface area (Å²) >= 11 is 13.5. The molecular formula is C24H20Cl2N4O2S. The van der Waals surface area contributed by atoms with Crippen molar-refractivity contribution >= 4 is 46.6 Å². The van der Waals surface area contributed by atoms with Gasteiger partial charge >= 0.3 is 0 Å². The zero-order chi connectivity index (χ0) is 23.2. The molecule has 1 heterocycles. The molecule has 0 atom stereocenters. The minimum absolute atomic E-state index is 0.150. The molecule has 0 saturated carbocycles. The van der Waals surface area contributed by atoms with E-state index in [-0.39, 0.29) is 11.7 Å². The Kier molecular flexibility index (Phi) is 7.54. The van der Waals surface area contributed by atoms with Gasteiger partial charge in [-0.2, -0.15) is 0 Å². The van der Waals surface area contributed by atoms with Crippen molar-refractivity contribution in [2.45, 2.75) is 12.1 Å². The molecule has 1 aromatic heterocycles. The number of anilines is 1. The lowest BCUT2D eigenvalue weighted by atomic mass is 10.2. The van der Waals surface area contributed by atoms with Crippen LogP contribution >= 0.6 is 35.0 Å². The van der Waals surface area contributed by atoms with Gasteiger partial charge in [-0.25, -0.2) is 0 Å². The predicted octanol–water partition coefficient (Wildman–Crippen LogP) is 6.37. The molecule has 3 aromatic carbocycles. The second kappa shape index (κ2) is 10.7. The Morgan fingerprint density at radius 3 is 2.42 bits per heavy atom. The smallest absolute Gasteiger partial charge is 0.234 e. The average molecular weight is 499 g/mol. The van der Waals surface area contributed by atoms with Crippen molar-refractivity contribution in [1.29, 1.82) is 0 Å². The zero-order valence-electron chi connectivity index (χ0n) is 17.7. The molecule has 9 heteroatoms. The van der Waals surface area contributed by atoms with Crippen LogP contribution < -0.4 is 10.1 Å². The van der Waals surface area contributed by atoms with Crippen LogP contribution in [-0.2, 0) is 4.79 Å². The fourth-order valence-electron chi connectivity index (χ4n) is 3.16. The maximum atomic E-state index is 12.5. The summed E-state index contributed by atoms with van der Waals surface area (Å²) in [5.41, 5.74) is 2.30. The summed E-state index contributed by atoms with van der Waals surface area (Å²) in [6, 6.07) is 22.1. The van der Waals surface area contributed by atoms with Gasteiger partial charge < -0.3 is 10.1 Å². The number of nitrogens with one attached hydrogen (secondary N) is 1. The third kappa shape index (κ3) is 5.87. The van der Waals surface area contributed by atoms with Gasteiger partial charge in [0.05, 0.1) is 12.4 Å². The quantitative estimate of drug-likeness (QED) is 0.285. The van der Waals surface area contributed by atoms with Crippen LogP contribution in [-0.4, -0.2) is 33.0 Å². The number of carbonyl (C=O) groups excluding carboxylic acids is 1. The van der Waals surface area contributed by atoms with Crippen LogP contribution in [0.15, 0.2) is 78.0 Å². The van der Waals surface area contributed by atoms with Crippen LogP contribution in [0.2, 0.25) is 10.0 Å². The Morgan fingerprint density at radius 1 is 1.00 bits per heavy atom. The third-order valence-corrected chi connectivity index (χ3v) is 5.96. The van der Waals surface area contributed by atoms with E-state index in [1.165, 1.54) is 11.8 Å². The maximum Gasteiger partial charge on any atom is 0.234 e. The molecular weight excluding hydrogens is 479 g/mol. The fourth-order valence-corrected chi connectivity index (χ4v) is 4.29. The first-order chi connectivity index (χ1) is 16.0. The molecule has 0 unspecified atom stereocenters. The first-order valence-corrected chi connectivity index (χ1v) is 11.9. The van der Waals surface area contributed by atoms with Crippen molar-refractivity contribution in [2.24, 2.45) is 0 Å². The number of carbonyl (C=O) groups is 1. The van der Waals surface area contributed by atoms with E-state index in [9.17, 15) is 4.79 Å². The van der Waals surface area contributed by atoms with Crippen molar-refractivity contribution in [2.75, 3.05) is 17.7 Å². The highest BCUT2D eigenvalue weighted by molar-refractivity contribution is 7.99. The molecule has 4 aromatic rings. The van der Waals surface area contributed by atoms with Crippen LogP contribution in [0, 0.1) is 0 Å². The molecule has 0 bridgehead atoms. The lowest BCUT2D eigenvalue weighted by Gasteiger charge is -2.12. The second-order valence-corrected chi connectivity index (χ2v) is 8.74. The monoisotopic (exact) mass is 498 g/mol. The van der Waals surface area contributed by atoms with Crippen molar-refractivity contribution in [1.82, 2.24) is 14.8 Å². The zero-order valence-corrected chi connectivity index (χ0v) is 20.0. The third-order valence-electron chi connectivity index (χ3n) is 4.56. The Morgan fingerprint density at radius 2 is 1.73 bits per heavy atom. The van der Waals surface area contributed by atoms with E-state index < -0.39 is 0 Å². The van der Waals surface area contributed by atoms with E-state index in [0.29, 0.717) is 33.3 Å². The van der Waals surface area contributed by atoms with Crippen molar-refractivity contribution < 1.29 is 9.53 Å². The van der Waals surface area contributed by atoms with Gasteiger partial charge in [0, 0.05) is 27.0 Å². The number of amides is 1. The number of thioether (sulfide) groups is 1. The largest absolute Gasteiger partial charge is 0.494 e. The number of halogens is 2. The number of nitrogens with zero attached hydrogens (tertiary/aromatic N) is 3. The second-order valence-electron chi connectivity index (χ2n) is 6.93. The first kappa shape index (κ1) is 23.2. The van der Waals surface area contributed by atoms with Crippen LogP contribution in [0.1, 0.15) is 6.92 Å².